The lowest BCUT2D eigenvalue weighted by molar-refractivity contribution is 0.530. The lowest BCUT2D eigenvalue weighted by Gasteiger charge is -2.26. The number of nitrogens with one attached hydrogen (secondary N) is 1. The van der Waals surface area contributed by atoms with Crippen LogP contribution in [0.5, 0.6) is 0 Å². The van der Waals surface area contributed by atoms with E-state index in [-0.39, 0.29) is 11.0 Å². The van der Waals surface area contributed by atoms with E-state index in [0.717, 1.165) is 18.1 Å². The van der Waals surface area contributed by atoms with Gasteiger partial charge in [0.2, 0.25) is 0 Å². The van der Waals surface area contributed by atoms with Gasteiger partial charge in [-0.05, 0) is 20.3 Å². The quantitative estimate of drug-likeness (QED) is 0.829. The average molecular weight is 256 g/mol. The monoisotopic (exact) mass is 255 g/mol. The third kappa shape index (κ3) is 4.15. The molecule has 0 saturated carbocycles. The lowest BCUT2D eigenvalue weighted by Crippen LogP contribution is -2.30. The molecule has 3 nitrogen and oxygen atoms in total. The van der Waals surface area contributed by atoms with Crippen LogP contribution in [0.15, 0.2) is 6.07 Å². The summed E-state index contributed by atoms with van der Waals surface area (Å²) >= 11 is 6.04. The number of hydrogen-bond donors (Lipinski definition) is 1. The molecular weight excluding hydrogens is 234 g/mol. The molecule has 0 fully saturated rings. The van der Waals surface area contributed by atoms with E-state index in [2.05, 4.69) is 56.8 Å². The molecule has 1 N–H and O–H groups in total. The van der Waals surface area contributed by atoms with E-state index in [4.69, 9.17) is 11.6 Å². The summed E-state index contributed by atoms with van der Waals surface area (Å²) in [5, 5.41) is 3.87. The molecule has 0 bridgehead atoms. The summed E-state index contributed by atoms with van der Waals surface area (Å²) in [6.45, 7) is 12.6. The van der Waals surface area contributed by atoms with Crippen LogP contribution >= 0.6 is 11.6 Å². The Labute approximate surface area is 109 Å². The summed E-state index contributed by atoms with van der Waals surface area (Å²) in [7, 11) is 0. The number of anilines is 1. The number of hydrogen-bond acceptors (Lipinski definition) is 3. The summed E-state index contributed by atoms with van der Waals surface area (Å²) in [6.07, 6.45) is 1.01. The first-order chi connectivity index (χ1) is 7.64. The Balaban J connectivity index is 3.06. The van der Waals surface area contributed by atoms with Crippen molar-refractivity contribution in [2.24, 2.45) is 0 Å². The molecule has 1 aromatic rings. The standard InChI is InChI=1S/C13H22ClN3/c1-7-13(5,6)17-10-8-9(14)15-11(16-10)12(2,3)4/h8H,7H2,1-6H3,(H,15,16,17). The van der Waals surface area contributed by atoms with Gasteiger partial charge in [-0.15, -0.1) is 0 Å². The first kappa shape index (κ1) is 14.2. The van der Waals surface area contributed by atoms with Crippen molar-refractivity contribution in [1.29, 1.82) is 0 Å². The highest BCUT2D eigenvalue weighted by Crippen LogP contribution is 2.24. The van der Waals surface area contributed by atoms with Crippen LogP contribution in [0.3, 0.4) is 0 Å². The molecule has 1 heterocycles. The zero-order chi connectivity index (χ0) is 13.3. The molecular formula is C13H22ClN3. The highest BCUT2D eigenvalue weighted by Gasteiger charge is 2.21. The van der Waals surface area contributed by atoms with Gasteiger partial charge < -0.3 is 5.32 Å². The summed E-state index contributed by atoms with van der Waals surface area (Å²) in [5.74, 6) is 1.56. The Morgan fingerprint density at radius 2 is 1.76 bits per heavy atom. The van der Waals surface area contributed by atoms with Crippen molar-refractivity contribution in [2.45, 2.75) is 58.9 Å². The maximum atomic E-state index is 6.04. The average Bonchev–Trinajstić information content (AvgIpc) is 2.14. The second-order valence-electron chi connectivity index (χ2n) is 6.01. The van der Waals surface area contributed by atoms with Gasteiger partial charge in [-0.25, -0.2) is 9.97 Å². The van der Waals surface area contributed by atoms with Crippen LogP contribution in [0.4, 0.5) is 5.82 Å². The Bertz CT molecular complexity index is 394. The van der Waals surface area contributed by atoms with Gasteiger partial charge in [0.05, 0.1) is 0 Å². The molecule has 0 atom stereocenters. The first-order valence-electron chi connectivity index (χ1n) is 5.97. The zero-order valence-corrected chi connectivity index (χ0v) is 12.3. The maximum Gasteiger partial charge on any atom is 0.137 e. The van der Waals surface area contributed by atoms with Crippen molar-refractivity contribution in [3.05, 3.63) is 17.0 Å². The highest BCUT2D eigenvalue weighted by molar-refractivity contribution is 6.29. The number of rotatable bonds is 3. The second-order valence-corrected chi connectivity index (χ2v) is 6.40. The molecule has 96 valence electrons. The summed E-state index contributed by atoms with van der Waals surface area (Å²) in [6, 6.07) is 1.77. The third-order valence-electron chi connectivity index (χ3n) is 2.72. The molecule has 1 aromatic heterocycles. The Kier molecular flexibility index (Phi) is 4.03. The SMILES string of the molecule is CCC(C)(C)Nc1cc(Cl)nc(C(C)(C)C)n1. The van der Waals surface area contributed by atoms with Gasteiger partial charge in [0.1, 0.15) is 16.8 Å². The van der Waals surface area contributed by atoms with Crippen molar-refractivity contribution in [3.8, 4) is 0 Å². The fourth-order valence-electron chi connectivity index (χ4n) is 1.25. The van der Waals surface area contributed by atoms with Crippen LogP contribution in [0.25, 0.3) is 0 Å². The van der Waals surface area contributed by atoms with Crippen LogP contribution < -0.4 is 5.32 Å². The minimum absolute atomic E-state index is 0.00678. The van der Waals surface area contributed by atoms with Gasteiger partial charge in [0.15, 0.2) is 0 Å². The predicted octanol–water partition coefficient (Wildman–Crippen LogP) is 4.03. The largest absolute Gasteiger partial charge is 0.365 e. The van der Waals surface area contributed by atoms with E-state index < -0.39 is 0 Å². The van der Waals surface area contributed by atoms with Gasteiger partial charge in [0, 0.05) is 17.0 Å². The summed E-state index contributed by atoms with van der Waals surface area (Å²) < 4.78 is 0. The molecule has 17 heavy (non-hydrogen) atoms. The first-order valence-corrected chi connectivity index (χ1v) is 6.35. The molecule has 1 rings (SSSR count). The molecule has 4 heteroatoms. The van der Waals surface area contributed by atoms with Gasteiger partial charge in [0.25, 0.3) is 0 Å². The molecule has 0 unspecified atom stereocenters. The van der Waals surface area contributed by atoms with Crippen LogP contribution in [-0.2, 0) is 5.41 Å². The van der Waals surface area contributed by atoms with E-state index in [1.807, 2.05) is 0 Å². The van der Waals surface area contributed by atoms with E-state index >= 15 is 0 Å². The number of aromatic nitrogens is 2. The van der Waals surface area contributed by atoms with Crippen molar-refractivity contribution in [1.82, 2.24) is 9.97 Å². The van der Waals surface area contributed by atoms with E-state index in [0.29, 0.717) is 5.15 Å². The fraction of sp³-hybridized carbons (Fsp3) is 0.692. The third-order valence-corrected chi connectivity index (χ3v) is 2.91. The molecule has 0 amide bonds. The van der Waals surface area contributed by atoms with Gasteiger partial charge >= 0.3 is 0 Å². The van der Waals surface area contributed by atoms with Crippen LogP contribution in [0, 0.1) is 0 Å². The van der Waals surface area contributed by atoms with Crippen LogP contribution in [0.1, 0.15) is 53.8 Å². The van der Waals surface area contributed by atoms with Crippen molar-refractivity contribution < 1.29 is 0 Å². The molecule has 0 aliphatic carbocycles. The molecule has 0 saturated heterocycles. The van der Waals surface area contributed by atoms with Crippen LogP contribution in [-0.4, -0.2) is 15.5 Å². The highest BCUT2D eigenvalue weighted by atomic mass is 35.5. The molecule has 0 aliphatic heterocycles. The molecule has 0 aromatic carbocycles. The van der Waals surface area contributed by atoms with E-state index in [1.54, 1.807) is 6.07 Å². The Morgan fingerprint density at radius 1 is 1.18 bits per heavy atom. The second kappa shape index (κ2) is 4.81. The van der Waals surface area contributed by atoms with Gasteiger partial charge in [-0.2, -0.15) is 0 Å². The van der Waals surface area contributed by atoms with E-state index in [9.17, 15) is 0 Å². The zero-order valence-electron chi connectivity index (χ0n) is 11.6. The normalized spacial score (nSPS) is 12.6. The maximum absolute atomic E-state index is 6.04. The lowest BCUT2D eigenvalue weighted by atomic mass is 9.96. The predicted molar refractivity (Wildman–Crippen MR) is 73.7 cm³/mol. The van der Waals surface area contributed by atoms with Crippen LogP contribution in [0.2, 0.25) is 5.15 Å². The minimum atomic E-state index is -0.0995. The number of nitrogens with zero attached hydrogens (tertiary/aromatic N) is 2. The van der Waals surface area contributed by atoms with Gasteiger partial charge in [-0.1, -0.05) is 39.3 Å². The number of halogens is 1. The topological polar surface area (TPSA) is 37.8 Å². The Hall–Kier alpha value is -0.830. The smallest absolute Gasteiger partial charge is 0.137 e. The molecule has 0 radical (unpaired) electrons. The molecule has 0 aliphatic rings. The summed E-state index contributed by atoms with van der Waals surface area (Å²) in [4.78, 5) is 8.81. The van der Waals surface area contributed by atoms with Gasteiger partial charge in [-0.3, -0.25) is 0 Å². The van der Waals surface area contributed by atoms with Crippen molar-refractivity contribution in [3.63, 3.8) is 0 Å². The molecule has 0 spiro atoms. The summed E-state index contributed by atoms with van der Waals surface area (Å²) in [5.41, 5.74) is -0.0927. The van der Waals surface area contributed by atoms with E-state index in [1.165, 1.54) is 0 Å². The Morgan fingerprint density at radius 3 is 2.24 bits per heavy atom. The van der Waals surface area contributed by atoms with Crippen molar-refractivity contribution >= 4 is 17.4 Å². The minimum Gasteiger partial charge on any atom is -0.365 e. The van der Waals surface area contributed by atoms with Crippen molar-refractivity contribution in [2.75, 3.05) is 5.32 Å². The fourth-order valence-corrected chi connectivity index (χ4v) is 1.44.